The molecule has 2 rings (SSSR count). The minimum Gasteiger partial charge on any atom is -0.244 e. The topological polar surface area (TPSA) is 25.8 Å². The van der Waals surface area contributed by atoms with Crippen molar-refractivity contribution in [2.75, 3.05) is 0 Å². The van der Waals surface area contributed by atoms with E-state index < -0.39 is 0 Å². The Hall–Kier alpha value is -1.88. The van der Waals surface area contributed by atoms with Crippen LogP contribution in [0.1, 0.15) is 18.1 Å². The van der Waals surface area contributed by atoms with Gasteiger partial charge in [-0.25, -0.2) is 9.97 Å². The molecule has 14 heavy (non-hydrogen) atoms. The van der Waals surface area contributed by atoms with Crippen LogP contribution in [0.25, 0.3) is 10.9 Å². The fourth-order valence-corrected chi connectivity index (χ4v) is 1.45. The molecular formula is C12H10N2. The van der Waals surface area contributed by atoms with Gasteiger partial charge in [-0.05, 0) is 25.5 Å². The molecule has 1 aromatic carbocycles. The summed E-state index contributed by atoms with van der Waals surface area (Å²) in [5.74, 6) is 5.92. The van der Waals surface area contributed by atoms with Gasteiger partial charge in [0.2, 0.25) is 0 Å². The van der Waals surface area contributed by atoms with Gasteiger partial charge in [0.25, 0.3) is 0 Å². The summed E-state index contributed by atoms with van der Waals surface area (Å²) < 4.78 is 0. The van der Waals surface area contributed by atoms with Crippen LogP contribution < -0.4 is 0 Å². The number of aromatic nitrogens is 2. The maximum Gasteiger partial charge on any atom is 0.116 e. The summed E-state index contributed by atoms with van der Waals surface area (Å²) in [5.41, 5.74) is 3.09. The number of aryl methyl sites for hydroxylation is 1. The van der Waals surface area contributed by atoms with Gasteiger partial charge in [-0.15, -0.1) is 5.92 Å². The quantitative estimate of drug-likeness (QED) is 0.584. The second-order valence-corrected chi connectivity index (χ2v) is 3.09. The second-order valence-electron chi connectivity index (χ2n) is 3.09. The molecule has 68 valence electrons. The van der Waals surface area contributed by atoms with Gasteiger partial charge in [0, 0.05) is 11.6 Å². The molecule has 0 bridgehead atoms. The highest BCUT2D eigenvalue weighted by atomic mass is 14.8. The van der Waals surface area contributed by atoms with Crippen molar-refractivity contribution in [2.45, 2.75) is 13.8 Å². The highest BCUT2D eigenvalue weighted by Crippen LogP contribution is 2.18. The fraction of sp³-hybridized carbons (Fsp3) is 0.167. The van der Waals surface area contributed by atoms with E-state index in [2.05, 4.69) is 28.7 Å². The predicted octanol–water partition coefficient (Wildman–Crippen LogP) is 2.31. The van der Waals surface area contributed by atoms with Crippen molar-refractivity contribution in [1.82, 2.24) is 9.97 Å². The molecule has 0 N–H and O–H groups in total. The third kappa shape index (κ3) is 1.33. The van der Waals surface area contributed by atoms with Gasteiger partial charge in [-0.1, -0.05) is 12.0 Å². The molecule has 0 saturated carbocycles. The highest BCUT2D eigenvalue weighted by molar-refractivity contribution is 5.86. The number of fused-ring (bicyclic) bond motifs is 1. The maximum atomic E-state index is 4.25. The van der Waals surface area contributed by atoms with Crippen LogP contribution in [0.15, 0.2) is 24.7 Å². The molecule has 1 aromatic heterocycles. The summed E-state index contributed by atoms with van der Waals surface area (Å²) in [5, 5.41) is 1.08. The Kier molecular flexibility index (Phi) is 2.16. The minimum absolute atomic E-state index is 0.939. The van der Waals surface area contributed by atoms with Gasteiger partial charge in [-0.2, -0.15) is 0 Å². The molecule has 0 fully saturated rings. The Morgan fingerprint density at radius 3 is 2.93 bits per heavy atom. The van der Waals surface area contributed by atoms with E-state index >= 15 is 0 Å². The van der Waals surface area contributed by atoms with Crippen LogP contribution >= 0.6 is 0 Å². The number of hydrogen-bond donors (Lipinski definition) is 0. The van der Waals surface area contributed by atoms with Gasteiger partial charge in [0.1, 0.15) is 6.33 Å². The van der Waals surface area contributed by atoms with E-state index in [-0.39, 0.29) is 0 Å². The van der Waals surface area contributed by atoms with Gasteiger partial charge >= 0.3 is 0 Å². The molecule has 0 aliphatic heterocycles. The van der Waals surface area contributed by atoms with Crippen molar-refractivity contribution in [3.05, 3.63) is 35.8 Å². The van der Waals surface area contributed by atoms with Crippen LogP contribution in [-0.4, -0.2) is 9.97 Å². The summed E-state index contributed by atoms with van der Waals surface area (Å²) >= 11 is 0. The number of rotatable bonds is 0. The van der Waals surface area contributed by atoms with E-state index in [0.717, 1.165) is 16.5 Å². The van der Waals surface area contributed by atoms with Crippen LogP contribution in [0.3, 0.4) is 0 Å². The van der Waals surface area contributed by atoms with Crippen molar-refractivity contribution in [3.63, 3.8) is 0 Å². The summed E-state index contributed by atoms with van der Waals surface area (Å²) in [7, 11) is 0. The first-order chi connectivity index (χ1) is 6.83. The lowest BCUT2D eigenvalue weighted by Crippen LogP contribution is -1.88. The zero-order chi connectivity index (χ0) is 9.97. The molecule has 0 radical (unpaired) electrons. The van der Waals surface area contributed by atoms with Crippen LogP contribution in [0, 0.1) is 18.8 Å². The van der Waals surface area contributed by atoms with Crippen molar-refractivity contribution in [3.8, 4) is 11.8 Å². The van der Waals surface area contributed by atoms with Gasteiger partial charge in [0.05, 0.1) is 11.1 Å². The van der Waals surface area contributed by atoms with Gasteiger partial charge < -0.3 is 0 Å². The standard InChI is InChI=1S/C12H10N2/c1-3-4-10-6-5-9(2)11-7-13-8-14-12(10)11/h5-8H,1-2H3. The monoisotopic (exact) mass is 182 g/mol. The van der Waals surface area contributed by atoms with Gasteiger partial charge in [-0.3, -0.25) is 0 Å². The van der Waals surface area contributed by atoms with E-state index in [9.17, 15) is 0 Å². The summed E-state index contributed by atoms with van der Waals surface area (Å²) in [6, 6.07) is 4.05. The molecule has 2 aromatic rings. The van der Waals surface area contributed by atoms with Crippen LogP contribution in [-0.2, 0) is 0 Å². The molecule has 0 spiro atoms. The van der Waals surface area contributed by atoms with Crippen molar-refractivity contribution < 1.29 is 0 Å². The number of hydrogen-bond acceptors (Lipinski definition) is 2. The predicted molar refractivity (Wildman–Crippen MR) is 56.8 cm³/mol. The molecule has 2 heteroatoms. The lowest BCUT2D eigenvalue weighted by molar-refractivity contribution is 1.21. The molecule has 0 amide bonds. The van der Waals surface area contributed by atoms with E-state index in [1.807, 2.05) is 25.3 Å². The van der Waals surface area contributed by atoms with Crippen LogP contribution in [0.2, 0.25) is 0 Å². The van der Waals surface area contributed by atoms with E-state index in [0.29, 0.717) is 0 Å². The smallest absolute Gasteiger partial charge is 0.116 e. The summed E-state index contributed by atoms with van der Waals surface area (Å²) in [6.07, 6.45) is 3.39. The molecule has 2 nitrogen and oxygen atoms in total. The lowest BCUT2D eigenvalue weighted by atomic mass is 10.1. The Balaban J connectivity index is 2.86. The second kappa shape index (κ2) is 3.47. The SMILES string of the molecule is CC#Cc1ccc(C)c2cncnc12. The molecule has 0 aliphatic carbocycles. The summed E-state index contributed by atoms with van der Waals surface area (Å²) in [4.78, 5) is 8.26. The van der Waals surface area contributed by atoms with Crippen molar-refractivity contribution in [2.24, 2.45) is 0 Å². The average Bonchev–Trinajstić information content (AvgIpc) is 2.23. The first-order valence-electron chi connectivity index (χ1n) is 4.45. The number of benzene rings is 1. The van der Waals surface area contributed by atoms with Crippen LogP contribution in [0.5, 0.6) is 0 Å². The largest absolute Gasteiger partial charge is 0.244 e. The molecule has 0 saturated heterocycles. The zero-order valence-corrected chi connectivity index (χ0v) is 8.20. The van der Waals surface area contributed by atoms with E-state index in [1.54, 1.807) is 6.33 Å². The molecule has 0 aliphatic rings. The Labute approximate surface area is 83.0 Å². The molecular weight excluding hydrogens is 172 g/mol. The Morgan fingerprint density at radius 2 is 2.14 bits per heavy atom. The van der Waals surface area contributed by atoms with Crippen molar-refractivity contribution >= 4 is 10.9 Å². The van der Waals surface area contributed by atoms with Crippen LogP contribution in [0.4, 0.5) is 0 Å². The maximum absolute atomic E-state index is 4.25. The first kappa shape index (κ1) is 8.71. The Morgan fingerprint density at radius 1 is 1.29 bits per heavy atom. The highest BCUT2D eigenvalue weighted by Gasteiger charge is 2.01. The third-order valence-electron chi connectivity index (χ3n) is 2.15. The average molecular weight is 182 g/mol. The fourth-order valence-electron chi connectivity index (χ4n) is 1.45. The van der Waals surface area contributed by atoms with E-state index in [4.69, 9.17) is 0 Å². The zero-order valence-electron chi connectivity index (χ0n) is 8.20. The van der Waals surface area contributed by atoms with E-state index in [1.165, 1.54) is 5.56 Å². The third-order valence-corrected chi connectivity index (χ3v) is 2.15. The minimum atomic E-state index is 0.939. The lowest BCUT2D eigenvalue weighted by Gasteiger charge is -2.01. The molecule has 0 unspecified atom stereocenters. The summed E-state index contributed by atoms with van der Waals surface area (Å²) in [6.45, 7) is 3.88. The number of nitrogens with zero attached hydrogens (tertiary/aromatic N) is 2. The van der Waals surface area contributed by atoms with Crippen molar-refractivity contribution in [1.29, 1.82) is 0 Å². The normalized spacial score (nSPS) is 9.57. The Bertz CT molecular complexity index is 533. The first-order valence-corrected chi connectivity index (χ1v) is 4.45. The molecule has 1 heterocycles. The van der Waals surface area contributed by atoms with Gasteiger partial charge in [0.15, 0.2) is 0 Å². The molecule has 0 atom stereocenters.